The minimum atomic E-state index is -0.367. The molecule has 1 saturated carbocycles. The van der Waals surface area contributed by atoms with Gasteiger partial charge in [-0.1, -0.05) is 0 Å². The van der Waals surface area contributed by atoms with Crippen LogP contribution in [0.5, 0.6) is 0 Å². The minimum Gasteiger partial charge on any atom is -0.305 e. The quantitative estimate of drug-likeness (QED) is 0.698. The van der Waals surface area contributed by atoms with Crippen molar-refractivity contribution in [1.82, 2.24) is 9.38 Å². The van der Waals surface area contributed by atoms with Crippen LogP contribution in [0, 0.1) is 5.41 Å². The third-order valence-corrected chi connectivity index (χ3v) is 3.54. The molecule has 2 aromatic heterocycles. The Bertz CT molecular complexity index is 628. The van der Waals surface area contributed by atoms with Gasteiger partial charge in [-0.25, -0.2) is 4.98 Å². The molecule has 1 aliphatic rings. The molecular formula is C12H10BrN3O. The third kappa shape index (κ3) is 1.80. The fourth-order valence-corrected chi connectivity index (χ4v) is 2.47. The smallest absolute Gasteiger partial charge is 0.223 e. The maximum absolute atomic E-state index is 11.4. The van der Waals surface area contributed by atoms with Crippen molar-refractivity contribution < 1.29 is 4.79 Å². The number of halogens is 1. The number of hydrogen-bond donors (Lipinski definition) is 1. The van der Waals surface area contributed by atoms with Crippen molar-refractivity contribution in [3.63, 3.8) is 0 Å². The molecule has 0 aromatic carbocycles. The van der Waals surface area contributed by atoms with Crippen molar-refractivity contribution in [2.75, 3.05) is 0 Å². The lowest BCUT2D eigenvalue weighted by Gasteiger charge is -2.01. The summed E-state index contributed by atoms with van der Waals surface area (Å²) in [6.07, 6.45) is 6.96. The van der Waals surface area contributed by atoms with Gasteiger partial charge < -0.3 is 9.81 Å². The molecule has 3 rings (SSSR count). The molecule has 2 heterocycles. The second kappa shape index (κ2) is 3.77. The standard InChI is InChI=1S/C12H10BrN3O/c13-9-3-8(7-1-2-7)5-16-6-10(11(17)4-14)15-12(9)16/h3-7,14H,1-2H2. The molecule has 0 radical (unpaired) electrons. The first-order chi connectivity index (χ1) is 8.19. The minimum absolute atomic E-state index is 0.314. The highest BCUT2D eigenvalue weighted by molar-refractivity contribution is 9.10. The zero-order chi connectivity index (χ0) is 12.0. The van der Waals surface area contributed by atoms with Gasteiger partial charge in [-0.2, -0.15) is 0 Å². The van der Waals surface area contributed by atoms with E-state index in [-0.39, 0.29) is 5.78 Å². The zero-order valence-corrected chi connectivity index (χ0v) is 10.6. The summed E-state index contributed by atoms with van der Waals surface area (Å²) in [7, 11) is 0. The largest absolute Gasteiger partial charge is 0.305 e. The van der Waals surface area contributed by atoms with Gasteiger partial charge in [0.1, 0.15) is 5.69 Å². The Morgan fingerprint density at radius 1 is 1.53 bits per heavy atom. The Hall–Kier alpha value is -1.49. The van der Waals surface area contributed by atoms with Crippen molar-refractivity contribution in [2.24, 2.45) is 0 Å². The van der Waals surface area contributed by atoms with Crippen LogP contribution in [0.15, 0.2) is 22.9 Å². The van der Waals surface area contributed by atoms with Crippen LogP contribution in [0.3, 0.4) is 0 Å². The molecule has 5 heteroatoms. The highest BCUT2D eigenvalue weighted by Gasteiger charge is 2.25. The van der Waals surface area contributed by atoms with Gasteiger partial charge in [0.05, 0.1) is 10.7 Å². The van der Waals surface area contributed by atoms with E-state index in [0.717, 1.165) is 16.3 Å². The van der Waals surface area contributed by atoms with Gasteiger partial charge in [0.25, 0.3) is 0 Å². The molecule has 0 spiro atoms. The summed E-state index contributed by atoms with van der Waals surface area (Å²) >= 11 is 3.48. The topological polar surface area (TPSA) is 58.2 Å². The summed E-state index contributed by atoms with van der Waals surface area (Å²) in [5.74, 6) is 0.286. The molecule has 0 aliphatic heterocycles. The highest BCUT2D eigenvalue weighted by Crippen LogP contribution is 2.41. The number of carbonyl (C=O) groups is 1. The number of pyridine rings is 1. The van der Waals surface area contributed by atoms with Crippen molar-refractivity contribution in [3.8, 4) is 0 Å². The van der Waals surface area contributed by atoms with E-state index >= 15 is 0 Å². The van der Waals surface area contributed by atoms with Gasteiger partial charge in [-0.15, -0.1) is 0 Å². The van der Waals surface area contributed by atoms with Crippen LogP contribution < -0.4 is 0 Å². The Morgan fingerprint density at radius 2 is 2.29 bits per heavy atom. The van der Waals surface area contributed by atoms with Gasteiger partial charge in [0.15, 0.2) is 5.65 Å². The maximum atomic E-state index is 11.4. The molecule has 1 aliphatic carbocycles. The van der Waals surface area contributed by atoms with E-state index < -0.39 is 0 Å². The van der Waals surface area contributed by atoms with E-state index in [1.54, 1.807) is 6.20 Å². The van der Waals surface area contributed by atoms with Gasteiger partial charge in [0, 0.05) is 12.4 Å². The first kappa shape index (κ1) is 10.7. The predicted molar refractivity (Wildman–Crippen MR) is 68.0 cm³/mol. The fourth-order valence-electron chi connectivity index (χ4n) is 1.91. The average Bonchev–Trinajstić information content (AvgIpc) is 3.08. The fraction of sp³-hybridized carbons (Fsp3) is 0.250. The molecule has 17 heavy (non-hydrogen) atoms. The number of rotatable bonds is 3. The van der Waals surface area contributed by atoms with Gasteiger partial charge >= 0.3 is 0 Å². The van der Waals surface area contributed by atoms with E-state index in [0.29, 0.717) is 11.6 Å². The third-order valence-electron chi connectivity index (χ3n) is 2.96. The number of carbonyl (C=O) groups excluding carboxylic acids is 1. The first-order valence-corrected chi connectivity index (χ1v) is 6.21. The number of imidazole rings is 1. The number of hydrogen-bond acceptors (Lipinski definition) is 3. The second-order valence-corrected chi connectivity index (χ2v) is 5.12. The monoisotopic (exact) mass is 291 g/mol. The lowest BCUT2D eigenvalue weighted by Crippen LogP contribution is -1.98. The van der Waals surface area contributed by atoms with E-state index in [9.17, 15) is 4.79 Å². The summed E-state index contributed by atoms with van der Waals surface area (Å²) in [5.41, 5.74) is 2.31. The van der Waals surface area contributed by atoms with Gasteiger partial charge in [-0.05, 0) is 46.3 Å². The van der Waals surface area contributed by atoms with Crippen LogP contribution in [-0.4, -0.2) is 21.4 Å². The van der Waals surface area contributed by atoms with E-state index in [1.807, 2.05) is 10.6 Å². The molecule has 1 fully saturated rings. The average molecular weight is 292 g/mol. The van der Waals surface area contributed by atoms with E-state index in [2.05, 4.69) is 27.0 Å². The zero-order valence-electron chi connectivity index (χ0n) is 8.98. The number of nitrogens with one attached hydrogen (secondary N) is 1. The Kier molecular flexibility index (Phi) is 2.36. The molecule has 86 valence electrons. The van der Waals surface area contributed by atoms with Crippen molar-refractivity contribution in [1.29, 1.82) is 5.41 Å². The number of aromatic nitrogens is 2. The molecule has 4 nitrogen and oxygen atoms in total. The molecule has 2 aromatic rings. The maximum Gasteiger partial charge on any atom is 0.223 e. The lowest BCUT2D eigenvalue weighted by molar-refractivity contribution is 0.106. The highest BCUT2D eigenvalue weighted by atomic mass is 79.9. The van der Waals surface area contributed by atoms with Crippen LogP contribution in [0.2, 0.25) is 0 Å². The Labute approximate surface area is 106 Å². The van der Waals surface area contributed by atoms with E-state index in [4.69, 9.17) is 5.41 Å². The molecule has 0 amide bonds. The lowest BCUT2D eigenvalue weighted by atomic mass is 10.2. The normalized spacial score (nSPS) is 15.1. The van der Waals surface area contributed by atoms with Crippen LogP contribution >= 0.6 is 15.9 Å². The summed E-state index contributed by atoms with van der Waals surface area (Å²) < 4.78 is 2.75. The Balaban J connectivity index is 2.17. The van der Waals surface area contributed by atoms with Crippen LogP contribution in [0.25, 0.3) is 5.65 Å². The summed E-state index contributed by atoms with van der Waals surface area (Å²) in [5, 5.41) is 6.96. The molecular weight excluding hydrogens is 282 g/mol. The molecule has 0 bridgehead atoms. The van der Waals surface area contributed by atoms with Crippen molar-refractivity contribution >= 4 is 33.6 Å². The van der Waals surface area contributed by atoms with Gasteiger partial charge in [0.2, 0.25) is 5.78 Å². The number of fused-ring (bicyclic) bond motifs is 1. The van der Waals surface area contributed by atoms with Crippen LogP contribution in [0.1, 0.15) is 34.8 Å². The number of Topliss-reactive ketones (excluding diaryl/α,β-unsaturated/α-hetero) is 1. The van der Waals surface area contributed by atoms with Crippen LogP contribution in [-0.2, 0) is 0 Å². The predicted octanol–water partition coefficient (Wildman–Crippen LogP) is 2.81. The SMILES string of the molecule is N=CC(=O)c1cn2cc(C3CC3)cc(Br)c2n1. The molecule has 0 atom stereocenters. The van der Waals surface area contributed by atoms with Gasteiger partial charge in [-0.3, -0.25) is 4.79 Å². The van der Waals surface area contributed by atoms with Crippen molar-refractivity contribution in [2.45, 2.75) is 18.8 Å². The second-order valence-electron chi connectivity index (χ2n) is 4.26. The molecule has 0 saturated heterocycles. The van der Waals surface area contributed by atoms with E-state index in [1.165, 1.54) is 18.4 Å². The Morgan fingerprint density at radius 3 is 2.94 bits per heavy atom. The number of nitrogens with zero attached hydrogens (tertiary/aromatic N) is 2. The van der Waals surface area contributed by atoms with Crippen LogP contribution in [0.4, 0.5) is 0 Å². The summed E-state index contributed by atoms with van der Waals surface area (Å²) in [4.78, 5) is 15.6. The summed E-state index contributed by atoms with van der Waals surface area (Å²) in [6, 6.07) is 2.07. The number of ketones is 1. The molecule has 1 N–H and O–H groups in total. The summed E-state index contributed by atoms with van der Waals surface area (Å²) in [6.45, 7) is 0. The first-order valence-electron chi connectivity index (χ1n) is 5.42. The molecule has 0 unspecified atom stereocenters. The van der Waals surface area contributed by atoms with Crippen molar-refractivity contribution in [3.05, 3.63) is 34.2 Å².